The van der Waals surface area contributed by atoms with Crippen LogP contribution in [-0.4, -0.2) is 42.2 Å². The van der Waals surface area contributed by atoms with Crippen LogP contribution in [0.1, 0.15) is 35.7 Å². The molecule has 0 aliphatic heterocycles. The Labute approximate surface area is 120 Å². The summed E-state index contributed by atoms with van der Waals surface area (Å²) in [6, 6.07) is 7.66. The Kier molecular flexibility index (Phi) is 4.45. The van der Waals surface area contributed by atoms with Gasteiger partial charge in [-0.05, 0) is 57.5 Å². The molecule has 0 spiro atoms. The Morgan fingerprint density at radius 2 is 2.15 bits per heavy atom. The number of carbonyl (C=O) groups is 1. The molecule has 1 unspecified atom stereocenters. The van der Waals surface area contributed by atoms with Crippen molar-refractivity contribution in [2.24, 2.45) is 5.92 Å². The minimum Gasteiger partial charge on any atom is -0.394 e. The minimum absolute atomic E-state index is 0.0131. The van der Waals surface area contributed by atoms with E-state index < -0.39 is 5.54 Å². The van der Waals surface area contributed by atoms with Crippen LogP contribution in [-0.2, 0) is 6.54 Å². The molecule has 20 heavy (non-hydrogen) atoms. The molecule has 1 fully saturated rings. The molecule has 1 aromatic rings. The summed E-state index contributed by atoms with van der Waals surface area (Å²) in [6.45, 7) is 2.72. The summed E-state index contributed by atoms with van der Waals surface area (Å²) in [5.41, 5.74) is 1.28. The van der Waals surface area contributed by atoms with E-state index in [1.807, 2.05) is 45.3 Å². The van der Waals surface area contributed by atoms with Crippen molar-refractivity contribution in [3.63, 3.8) is 0 Å². The first kappa shape index (κ1) is 15.0. The number of nitrogens with zero attached hydrogens (tertiary/aromatic N) is 1. The highest BCUT2D eigenvalue weighted by Crippen LogP contribution is 2.39. The summed E-state index contributed by atoms with van der Waals surface area (Å²) in [6.07, 6.45) is 2.16. The van der Waals surface area contributed by atoms with Crippen molar-refractivity contribution in [3.05, 3.63) is 35.4 Å². The van der Waals surface area contributed by atoms with Gasteiger partial charge in [-0.3, -0.25) is 4.79 Å². The molecule has 1 aliphatic rings. The second-order valence-corrected chi connectivity index (χ2v) is 6.24. The fraction of sp³-hybridized carbons (Fsp3) is 0.562. The number of rotatable bonds is 6. The third-order valence-electron chi connectivity index (χ3n) is 3.89. The van der Waals surface area contributed by atoms with Crippen molar-refractivity contribution in [1.29, 1.82) is 0 Å². The zero-order valence-electron chi connectivity index (χ0n) is 12.5. The Hall–Kier alpha value is -1.39. The normalized spacial score (nSPS) is 17.9. The Morgan fingerprint density at radius 3 is 2.70 bits per heavy atom. The highest BCUT2D eigenvalue weighted by molar-refractivity contribution is 5.94. The van der Waals surface area contributed by atoms with Crippen LogP contribution in [0.4, 0.5) is 0 Å². The lowest BCUT2D eigenvalue weighted by molar-refractivity contribution is 0.0824. The van der Waals surface area contributed by atoms with Gasteiger partial charge in [0.05, 0.1) is 12.1 Å². The molecular weight excluding hydrogens is 252 g/mol. The molecule has 2 rings (SSSR count). The third-order valence-corrected chi connectivity index (χ3v) is 3.89. The van der Waals surface area contributed by atoms with E-state index >= 15 is 0 Å². The van der Waals surface area contributed by atoms with E-state index in [9.17, 15) is 9.90 Å². The largest absolute Gasteiger partial charge is 0.394 e. The number of benzene rings is 1. The fourth-order valence-corrected chi connectivity index (χ4v) is 2.50. The number of hydrogen-bond donors (Lipinski definition) is 2. The summed E-state index contributed by atoms with van der Waals surface area (Å²) in [5, 5.41) is 12.5. The summed E-state index contributed by atoms with van der Waals surface area (Å²) >= 11 is 0. The lowest BCUT2D eigenvalue weighted by Crippen LogP contribution is -2.50. The highest BCUT2D eigenvalue weighted by Gasteiger charge is 2.42. The van der Waals surface area contributed by atoms with Crippen LogP contribution in [0.25, 0.3) is 0 Å². The van der Waals surface area contributed by atoms with Crippen molar-refractivity contribution in [2.75, 3.05) is 20.7 Å². The van der Waals surface area contributed by atoms with Crippen LogP contribution in [0.5, 0.6) is 0 Å². The smallest absolute Gasteiger partial charge is 0.251 e. The van der Waals surface area contributed by atoms with E-state index in [2.05, 4.69) is 10.2 Å². The monoisotopic (exact) mass is 276 g/mol. The van der Waals surface area contributed by atoms with Crippen LogP contribution in [0, 0.1) is 5.92 Å². The predicted octanol–water partition coefficient (Wildman–Crippen LogP) is 1.64. The maximum Gasteiger partial charge on any atom is 0.251 e. The van der Waals surface area contributed by atoms with E-state index in [-0.39, 0.29) is 12.5 Å². The molecule has 4 nitrogen and oxygen atoms in total. The van der Waals surface area contributed by atoms with E-state index in [0.29, 0.717) is 11.5 Å². The van der Waals surface area contributed by atoms with Crippen molar-refractivity contribution >= 4 is 5.91 Å². The van der Waals surface area contributed by atoms with Gasteiger partial charge in [-0.2, -0.15) is 0 Å². The van der Waals surface area contributed by atoms with Crippen LogP contribution in [0.2, 0.25) is 0 Å². The molecule has 1 aliphatic carbocycles. The second kappa shape index (κ2) is 5.94. The molecule has 1 amide bonds. The lowest BCUT2D eigenvalue weighted by Gasteiger charge is -2.28. The van der Waals surface area contributed by atoms with Gasteiger partial charge < -0.3 is 15.3 Å². The van der Waals surface area contributed by atoms with Gasteiger partial charge >= 0.3 is 0 Å². The van der Waals surface area contributed by atoms with Gasteiger partial charge in [0.2, 0.25) is 0 Å². The van der Waals surface area contributed by atoms with E-state index in [4.69, 9.17) is 0 Å². The molecule has 2 N–H and O–H groups in total. The van der Waals surface area contributed by atoms with Crippen LogP contribution >= 0.6 is 0 Å². The quantitative estimate of drug-likeness (QED) is 0.830. The molecule has 1 saturated carbocycles. The highest BCUT2D eigenvalue weighted by atomic mass is 16.3. The van der Waals surface area contributed by atoms with Gasteiger partial charge in [-0.15, -0.1) is 0 Å². The predicted molar refractivity (Wildman–Crippen MR) is 79.5 cm³/mol. The molecule has 0 radical (unpaired) electrons. The average molecular weight is 276 g/mol. The number of carbonyl (C=O) groups excluding carboxylic acids is 1. The van der Waals surface area contributed by atoms with Crippen LogP contribution < -0.4 is 5.32 Å². The standard InChI is InChI=1S/C16H24N2O2/c1-16(11-19,14-7-8-14)17-15(20)13-6-4-5-12(9-13)10-18(2)3/h4-6,9,14,19H,7-8,10-11H2,1-3H3,(H,17,20). The average Bonchev–Trinajstić information content (AvgIpc) is 3.22. The van der Waals surface area contributed by atoms with E-state index in [1.54, 1.807) is 0 Å². The molecule has 0 saturated heterocycles. The number of aliphatic hydroxyl groups excluding tert-OH is 1. The Balaban J connectivity index is 2.08. The van der Waals surface area contributed by atoms with Crippen molar-refractivity contribution < 1.29 is 9.90 Å². The third kappa shape index (κ3) is 3.58. The molecule has 0 aromatic heterocycles. The van der Waals surface area contributed by atoms with Gasteiger partial charge in [0.15, 0.2) is 0 Å². The van der Waals surface area contributed by atoms with Gasteiger partial charge in [0, 0.05) is 12.1 Å². The minimum atomic E-state index is -0.491. The summed E-state index contributed by atoms with van der Waals surface area (Å²) in [5.74, 6) is 0.301. The molecular formula is C16H24N2O2. The van der Waals surface area contributed by atoms with Gasteiger partial charge in [-0.1, -0.05) is 12.1 Å². The van der Waals surface area contributed by atoms with Crippen molar-refractivity contribution in [2.45, 2.75) is 31.8 Å². The van der Waals surface area contributed by atoms with E-state index in [1.165, 1.54) is 0 Å². The Bertz CT molecular complexity index is 483. The number of amides is 1. The SMILES string of the molecule is CN(C)Cc1cccc(C(=O)NC(C)(CO)C2CC2)c1. The first-order valence-electron chi connectivity index (χ1n) is 7.11. The lowest BCUT2D eigenvalue weighted by atomic mass is 9.96. The summed E-state index contributed by atoms with van der Waals surface area (Å²) < 4.78 is 0. The van der Waals surface area contributed by atoms with Crippen LogP contribution in [0.15, 0.2) is 24.3 Å². The molecule has 0 heterocycles. The van der Waals surface area contributed by atoms with Gasteiger partial charge in [-0.25, -0.2) is 0 Å². The van der Waals surface area contributed by atoms with Crippen LogP contribution in [0.3, 0.4) is 0 Å². The number of aliphatic hydroxyl groups is 1. The molecule has 1 aromatic carbocycles. The van der Waals surface area contributed by atoms with Gasteiger partial charge in [0.1, 0.15) is 0 Å². The van der Waals surface area contributed by atoms with Crippen molar-refractivity contribution in [1.82, 2.24) is 10.2 Å². The maximum absolute atomic E-state index is 12.4. The second-order valence-electron chi connectivity index (χ2n) is 6.24. The van der Waals surface area contributed by atoms with E-state index in [0.717, 1.165) is 24.9 Å². The molecule has 0 bridgehead atoms. The number of nitrogens with one attached hydrogen (secondary N) is 1. The Morgan fingerprint density at radius 1 is 1.45 bits per heavy atom. The summed E-state index contributed by atoms with van der Waals surface area (Å²) in [7, 11) is 4.01. The summed E-state index contributed by atoms with van der Waals surface area (Å²) in [4.78, 5) is 14.4. The first-order chi connectivity index (χ1) is 9.44. The maximum atomic E-state index is 12.4. The fourth-order valence-electron chi connectivity index (χ4n) is 2.50. The zero-order chi connectivity index (χ0) is 14.8. The topological polar surface area (TPSA) is 52.6 Å². The van der Waals surface area contributed by atoms with Crippen molar-refractivity contribution in [3.8, 4) is 0 Å². The molecule has 4 heteroatoms. The molecule has 1 atom stereocenters. The van der Waals surface area contributed by atoms with Gasteiger partial charge in [0.25, 0.3) is 5.91 Å². The number of hydrogen-bond acceptors (Lipinski definition) is 3. The molecule has 110 valence electrons. The zero-order valence-corrected chi connectivity index (χ0v) is 12.5. The first-order valence-corrected chi connectivity index (χ1v) is 7.11.